The summed E-state index contributed by atoms with van der Waals surface area (Å²) in [4.78, 5) is 13.5. The number of anilines is 2. The first-order valence-electron chi connectivity index (χ1n) is 5.86. The molecule has 90 valence electrons. The molecular formula is C12H15N3O2. The Morgan fingerprint density at radius 2 is 2.06 bits per heavy atom. The predicted octanol–water partition coefficient (Wildman–Crippen LogP) is 0.427. The normalized spacial score (nSPS) is 19.3. The molecule has 0 radical (unpaired) electrons. The lowest BCUT2D eigenvalue weighted by atomic mass is 10.2. The lowest BCUT2D eigenvalue weighted by molar-refractivity contribution is -0.118. The summed E-state index contributed by atoms with van der Waals surface area (Å²) in [5.74, 6) is 0.712. The molecule has 0 aromatic heterocycles. The zero-order valence-corrected chi connectivity index (χ0v) is 9.53. The van der Waals surface area contributed by atoms with Crippen molar-refractivity contribution in [2.45, 2.75) is 0 Å². The van der Waals surface area contributed by atoms with Crippen molar-refractivity contribution in [3.8, 4) is 5.75 Å². The monoisotopic (exact) mass is 233 g/mol. The molecule has 17 heavy (non-hydrogen) atoms. The molecular weight excluding hydrogens is 218 g/mol. The zero-order valence-electron chi connectivity index (χ0n) is 9.53. The molecule has 2 heterocycles. The van der Waals surface area contributed by atoms with E-state index >= 15 is 0 Å². The van der Waals surface area contributed by atoms with E-state index in [-0.39, 0.29) is 12.5 Å². The third-order valence-electron chi connectivity index (χ3n) is 3.07. The molecule has 0 bridgehead atoms. The fourth-order valence-corrected chi connectivity index (χ4v) is 2.25. The van der Waals surface area contributed by atoms with Crippen molar-refractivity contribution in [2.24, 2.45) is 0 Å². The number of fused-ring (bicyclic) bond motifs is 1. The van der Waals surface area contributed by atoms with Gasteiger partial charge in [-0.15, -0.1) is 0 Å². The minimum Gasteiger partial charge on any atom is -0.479 e. The van der Waals surface area contributed by atoms with Gasteiger partial charge in [0.15, 0.2) is 12.4 Å². The van der Waals surface area contributed by atoms with Crippen LogP contribution in [0, 0.1) is 0 Å². The fraction of sp³-hybridized carbons (Fsp3) is 0.417. The number of hydrogen-bond donors (Lipinski definition) is 2. The van der Waals surface area contributed by atoms with Crippen molar-refractivity contribution in [1.82, 2.24) is 5.32 Å². The van der Waals surface area contributed by atoms with E-state index in [2.05, 4.69) is 15.5 Å². The number of rotatable bonds is 1. The van der Waals surface area contributed by atoms with E-state index in [0.717, 1.165) is 43.3 Å². The first kappa shape index (κ1) is 10.4. The van der Waals surface area contributed by atoms with Crippen LogP contribution >= 0.6 is 0 Å². The van der Waals surface area contributed by atoms with Crippen molar-refractivity contribution in [2.75, 3.05) is 43.0 Å². The van der Waals surface area contributed by atoms with Gasteiger partial charge in [0.25, 0.3) is 5.91 Å². The molecule has 1 aromatic carbocycles. The van der Waals surface area contributed by atoms with Crippen LogP contribution in [0.4, 0.5) is 11.4 Å². The Hall–Kier alpha value is -1.75. The largest absolute Gasteiger partial charge is 0.479 e. The first-order chi connectivity index (χ1) is 8.34. The van der Waals surface area contributed by atoms with Crippen molar-refractivity contribution in [1.29, 1.82) is 0 Å². The summed E-state index contributed by atoms with van der Waals surface area (Å²) in [5, 5.41) is 6.15. The molecule has 0 aliphatic carbocycles. The number of hydrogen-bond acceptors (Lipinski definition) is 4. The molecule has 1 fully saturated rings. The number of carbonyl (C=O) groups is 1. The maximum absolute atomic E-state index is 11.3. The smallest absolute Gasteiger partial charge is 0.262 e. The van der Waals surface area contributed by atoms with Gasteiger partial charge in [0.2, 0.25) is 0 Å². The zero-order chi connectivity index (χ0) is 11.7. The van der Waals surface area contributed by atoms with Gasteiger partial charge in [0, 0.05) is 26.2 Å². The van der Waals surface area contributed by atoms with Crippen LogP contribution in [0.25, 0.3) is 0 Å². The summed E-state index contributed by atoms with van der Waals surface area (Å²) in [6.45, 7) is 4.00. The topological polar surface area (TPSA) is 53.6 Å². The predicted molar refractivity (Wildman–Crippen MR) is 65.6 cm³/mol. The summed E-state index contributed by atoms with van der Waals surface area (Å²) in [5.41, 5.74) is 1.85. The van der Waals surface area contributed by atoms with E-state index in [0.29, 0.717) is 0 Å². The first-order valence-corrected chi connectivity index (χ1v) is 5.86. The Labute approximate surface area is 99.7 Å². The lowest BCUT2D eigenvalue weighted by Gasteiger charge is -2.32. The highest BCUT2D eigenvalue weighted by atomic mass is 16.5. The van der Waals surface area contributed by atoms with Crippen molar-refractivity contribution in [3.05, 3.63) is 18.2 Å². The Bertz CT molecular complexity index is 441. The average molecular weight is 233 g/mol. The molecule has 0 spiro atoms. The van der Waals surface area contributed by atoms with Crippen LogP contribution in [0.1, 0.15) is 0 Å². The van der Waals surface area contributed by atoms with Crippen LogP contribution in [0.15, 0.2) is 18.2 Å². The summed E-state index contributed by atoms with van der Waals surface area (Å²) in [6, 6.07) is 5.87. The van der Waals surface area contributed by atoms with E-state index in [9.17, 15) is 4.79 Å². The molecule has 0 atom stereocenters. The van der Waals surface area contributed by atoms with E-state index in [4.69, 9.17) is 4.74 Å². The Kier molecular flexibility index (Phi) is 2.60. The second kappa shape index (κ2) is 4.25. The second-order valence-corrected chi connectivity index (χ2v) is 4.23. The molecule has 1 amide bonds. The molecule has 3 rings (SSSR count). The lowest BCUT2D eigenvalue weighted by Crippen LogP contribution is -2.44. The molecule has 1 saturated heterocycles. The van der Waals surface area contributed by atoms with Crippen molar-refractivity contribution >= 4 is 17.3 Å². The number of ether oxygens (including phenoxy) is 1. The van der Waals surface area contributed by atoms with E-state index < -0.39 is 0 Å². The Morgan fingerprint density at radius 3 is 2.88 bits per heavy atom. The van der Waals surface area contributed by atoms with E-state index in [1.54, 1.807) is 0 Å². The van der Waals surface area contributed by atoms with E-state index in [1.807, 2.05) is 18.2 Å². The Balaban J connectivity index is 1.94. The van der Waals surface area contributed by atoms with Crippen LogP contribution in [-0.4, -0.2) is 38.7 Å². The quantitative estimate of drug-likeness (QED) is 0.738. The summed E-state index contributed by atoms with van der Waals surface area (Å²) < 4.78 is 5.55. The van der Waals surface area contributed by atoms with Gasteiger partial charge in [-0.25, -0.2) is 0 Å². The standard InChI is InChI=1S/C12H15N3O2/c16-11-8-17-12-9(14-11)2-1-3-10(12)15-6-4-13-5-7-15/h1-3,13H,4-8H2,(H,14,16). The average Bonchev–Trinajstić information content (AvgIpc) is 2.39. The van der Waals surface area contributed by atoms with Gasteiger partial charge in [-0.05, 0) is 12.1 Å². The number of benzene rings is 1. The third-order valence-corrected chi connectivity index (χ3v) is 3.07. The number of para-hydroxylation sites is 1. The fourth-order valence-electron chi connectivity index (χ4n) is 2.25. The van der Waals surface area contributed by atoms with Gasteiger partial charge in [-0.3, -0.25) is 4.79 Å². The number of nitrogens with one attached hydrogen (secondary N) is 2. The van der Waals surface area contributed by atoms with Gasteiger partial charge >= 0.3 is 0 Å². The second-order valence-electron chi connectivity index (χ2n) is 4.23. The van der Waals surface area contributed by atoms with Crippen molar-refractivity contribution < 1.29 is 9.53 Å². The van der Waals surface area contributed by atoms with Gasteiger partial charge in [0.05, 0.1) is 11.4 Å². The highest BCUT2D eigenvalue weighted by molar-refractivity contribution is 5.97. The van der Waals surface area contributed by atoms with Crippen LogP contribution in [0.2, 0.25) is 0 Å². The summed E-state index contributed by atoms with van der Waals surface area (Å²) >= 11 is 0. The maximum atomic E-state index is 11.3. The summed E-state index contributed by atoms with van der Waals surface area (Å²) in [7, 11) is 0. The van der Waals surface area contributed by atoms with Crippen molar-refractivity contribution in [3.63, 3.8) is 0 Å². The van der Waals surface area contributed by atoms with Gasteiger partial charge in [-0.2, -0.15) is 0 Å². The maximum Gasteiger partial charge on any atom is 0.262 e. The van der Waals surface area contributed by atoms with Gasteiger partial charge in [-0.1, -0.05) is 6.07 Å². The molecule has 5 nitrogen and oxygen atoms in total. The van der Waals surface area contributed by atoms with Crippen LogP contribution in [-0.2, 0) is 4.79 Å². The van der Waals surface area contributed by atoms with Gasteiger partial charge < -0.3 is 20.3 Å². The molecule has 0 unspecified atom stereocenters. The van der Waals surface area contributed by atoms with Gasteiger partial charge in [0.1, 0.15) is 0 Å². The molecule has 2 aliphatic heterocycles. The number of nitrogens with zero attached hydrogens (tertiary/aromatic N) is 1. The molecule has 2 N–H and O–H groups in total. The molecule has 0 saturated carbocycles. The highest BCUT2D eigenvalue weighted by Gasteiger charge is 2.22. The van der Waals surface area contributed by atoms with E-state index in [1.165, 1.54) is 0 Å². The minimum atomic E-state index is -0.0880. The van der Waals surface area contributed by atoms with Crippen LogP contribution in [0.3, 0.4) is 0 Å². The molecule has 5 heteroatoms. The molecule has 1 aromatic rings. The third kappa shape index (κ3) is 1.93. The SMILES string of the molecule is O=C1COc2c(cccc2N2CCNCC2)N1. The molecule has 2 aliphatic rings. The number of carbonyl (C=O) groups excluding carboxylic acids is 1. The van der Waals surface area contributed by atoms with Crippen LogP contribution in [0.5, 0.6) is 5.75 Å². The highest BCUT2D eigenvalue weighted by Crippen LogP contribution is 2.37. The Morgan fingerprint density at radius 1 is 1.24 bits per heavy atom. The number of piperazine rings is 1. The summed E-state index contributed by atoms with van der Waals surface area (Å²) in [6.07, 6.45) is 0. The minimum absolute atomic E-state index is 0.0880. The number of amides is 1. The van der Waals surface area contributed by atoms with Crippen LogP contribution < -0.4 is 20.3 Å².